The highest BCUT2D eigenvalue weighted by Gasteiger charge is 2.33. The molecule has 1 unspecified atom stereocenters. The number of nitrogens with one attached hydrogen (secondary N) is 1. The summed E-state index contributed by atoms with van der Waals surface area (Å²) in [5.74, 6) is -0.820. The highest BCUT2D eigenvalue weighted by molar-refractivity contribution is 7.91. The first kappa shape index (κ1) is 17.7. The van der Waals surface area contributed by atoms with Gasteiger partial charge in [0.15, 0.2) is 15.0 Å². The van der Waals surface area contributed by atoms with Crippen molar-refractivity contribution in [3.05, 3.63) is 44.9 Å². The van der Waals surface area contributed by atoms with Crippen molar-refractivity contribution >= 4 is 55.4 Å². The van der Waals surface area contributed by atoms with Crippen molar-refractivity contribution in [2.45, 2.75) is 12.8 Å². The zero-order valence-corrected chi connectivity index (χ0v) is 15.6. The molecule has 2 aromatic rings. The molecule has 1 aliphatic rings. The second kappa shape index (κ2) is 7.00. The summed E-state index contributed by atoms with van der Waals surface area (Å²) in [5, 5.41) is 4.30. The van der Waals surface area contributed by atoms with Crippen LogP contribution in [-0.2, 0) is 21.1 Å². The second-order valence-electron chi connectivity index (χ2n) is 5.60. The fraction of sp³-hybridized carbons (Fsp3) is 0.333. The van der Waals surface area contributed by atoms with Crippen LogP contribution < -0.4 is 5.32 Å². The van der Waals surface area contributed by atoms with E-state index >= 15 is 0 Å². The van der Waals surface area contributed by atoms with Crippen LogP contribution in [0.15, 0.2) is 24.4 Å². The maximum absolute atomic E-state index is 12.1. The molecule has 1 aromatic heterocycles. The van der Waals surface area contributed by atoms with Gasteiger partial charge in [-0.25, -0.2) is 13.4 Å². The van der Waals surface area contributed by atoms with E-state index < -0.39 is 15.8 Å². The molecule has 3 rings (SSSR count). The third-order valence-electron chi connectivity index (χ3n) is 3.80. The van der Waals surface area contributed by atoms with Gasteiger partial charge in [0.25, 0.3) is 0 Å². The van der Waals surface area contributed by atoms with Gasteiger partial charge in [0.1, 0.15) is 0 Å². The first-order valence-electron chi connectivity index (χ1n) is 7.23. The molecule has 0 aliphatic carbocycles. The number of anilines is 1. The molecule has 1 aliphatic heterocycles. The molecule has 1 atom stereocenters. The van der Waals surface area contributed by atoms with Crippen LogP contribution >= 0.6 is 34.5 Å². The van der Waals surface area contributed by atoms with E-state index in [1.54, 1.807) is 24.4 Å². The van der Waals surface area contributed by atoms with E-state index in [1.165, 1.54) is 11.3 Å². The summed E-state index contributed by atoms with van der Waals surface area (Å²) in [7, 11) is -3.08. The number of thiazole rings is 1. The number of hydrogen-bond donors (Lipinski definition) is 1. The van der Waals surface area contributed by atoms with Crippen LogP contribution in [0.4, 0.5) is 5.13 Å². The second-order valence-corrected chi connectivity index (χ2v) is 9.76. The summed E-state index contributed by atoms with van der Waals surface area (Å²) in [5.41, 5.74) is 0.809. The van der Waals surface area contributed by atoms with Crippen LogP contribution in [0, 0.1) is 5.92 Å². The maximum atomic E-state index is 12.1. The van der Waals surface area contributed by atoms with E-state index in [-0.39, 0.29) is 17.4 Å². The van der Waals surface area contributed by atoms with Gasteiger partial charge in [-0.3, -0.25) is 4.79 Å². The highest BCUT2D eigenvalue weighted by Crippen LogP contribution is 2.30. The lowest BCUT2D eigenvalue weighted by atomic mass is 10.1. The summed E-state index contributed by atoms with van der Waals surface area (Å²) < 4.78 is 22.9. The van der Waals surface area contributed by atoms with E-state index in [0.717, 1.165) is 10.4 Å². The number of hydrogen-bond acceptors (Lipinski definition) is 5. The lowest BCUT2D eigenvalue weighted by Crippen LogP contribution is -2.23. The molecule has 5 nitrogen and oxygen atoms in total. The monoisotopic (exact) mass is 404 g/mol. The molecule has 2 heterocycles. The Kier molecular flexibility index (Phi) is 5.15. The lowest BCUT2D eigenvalue weighted by molar-refractivity contribution is -0.119. The van der Waals surface area contributed by atoms with Gasteiger partial charge in [-0.15, -0.1) is 11.3 Å². The van der Waals surface area contributed by atoms with Crippen molar-refractivity contribution < 1.29 is 13.2 Å². The summed E-state index contributed by atoms with van der Waals surface area (Å²) in [6, 6.07) is 5.32. The number of amides is 1. The molecule has 0 saturated carbocycles. The van der Waals surface area contributed by atoms with Crippen molar-refractivity contribution in [2.75, 3.05) is 16.8 Å². The van der Waals surface area contributed by atoms with E-state index in [9.17, 15) is 13.2 Å². The first-order chi connectivity index (χ1) is 11.3. The van der Waals surface area contributed by atoms with E-state index in [2.05, 4.69) is 10.3 Å². The van der Waals surface area contributed by atoms with Crippen LogP contribution in [0.2, 0.25) is 10.0 Å². The molecule has 9 heteroatoms. The Balaban J connectivity index is 1.67. The van der Waals surface area contributed by atoms with Gasteiger partial charge in [0.2, 0.25) is 5.91 Å². The molecule has 24 heavy (non-hydrogen) atoms. The largest absolute Gasteiger partial charge is 0.302 e. The number of carbonyl (C=O) groups excluding carboxylic acids is 1. The van der Waals surface area contributed by atoms with Gasteiger partial charge in [0, 0.05) is 27.5 Å². The van der Waals surface area contributed by atoms with Crippen LogP contribution in [0.1, 0.15) is 16.9 Å². The number of halogens is 2. The Morgan fingerprint density at radius 1 is 1.33 bits per heavy atom. The summed E-state index contributed by atoms with van der Waals surface area (Å²) >= 11 is 13.6. The Labute approximate surface area is 153 Å². The third kappa shape index (κ3) is 4.08. The van der Waals surface area contributed by atoms with Gasteiger partial charge >= 0.3 is 0 Å². The summed E-state index contributed by atoms with van der Waals surface area (Å²) in [6.07, 6.45) is 2.54. The zero-order valence-electron chi connectivity index (χ0n) is 12.5. The van der Waals surface area contributed by atoms with Gasteiger partial charge < -0.3 is 5.32 Å². The molecular weight excluding hydrogens is 391 g/mol. The number of aromatic nitrogens is 1. The Morgan fingerprint density at radius 3 is 2.67 bits per heavy atom. The minimum absolute atomic E-state index is 0.0687. The number of benzene rings is 1. The SMILES string of the molecule is O=C(Nc1ncc(Cc2c(Cl)cccc2Cl)s1)C1CCS(=O)(=O)C1. The van der Waals surface area contributed by atoms with Gasteiger partial charge in [-0.2, -0.15) is 0 Å². The average molecular weight is 405 g/mol. The van der Waals surface area contributed by atoms with Crippen LogP contribution in [0.25, 0.3) is 0 Å². The molecule has 0 spiro atoms. The summed E-state index contributed by atoms with van der Waals surface area (Å²) in [6.45, 7) is 0. The molecule has 0 bridgehead atoms. The number of carbonyl (C=O) groups is 1. The number of nitrogens with zero attached hydrogens (tertiary/aromatic N) is 1. The van der Waals surface area contributed by atoms with Crippen molar-refractivity contribution in [1.82, 2.24) is 4.98 Å². The Bertz CT molecular complexity index is 860. The topological polar surface area (TPSA) is 76.1 Å². The molecular formula is C15H14Cl2N2O3S2. The van der Waals surface area contributed by atoms with Gasteiger partial charge in [-0.1, -0.05) is 29.3 Å². The fourth-order valence-electron chi connectivity index (χ4n) is 2.53. The minimum Gasteiger partial charge on any atom is -0.302 e. The number of sulfone groups is 1. The highest BCUT2D eigenvalue weighted by atomic mass is 35.5. The molecule has 1 N–H and O–H groups in total. The smallest absolute Gasteiger partial charge is 0.230 e. The molecule has 1 saturated heterocycles. The molecule has 1 aromatic carbocycles. The van der Waals surface area contributed by atoms with Gasteiger partial charge in [-0.05, 0) is 24.1 Å². The van der Waals surface area contributed by atoms with E-state index in [4.69, 9.17) is 23.2 Å². The standard InChI is InChI=1S/C15H14Cl2N2O3S2/c16-12-2-1-3-13(17)11(12)6-10-7-18-15(23-10)19-14(20)9-4-5-24(21,22)8-9/h1-3,7,9H,4-6,8H2,(H,18,19,20). The molecule has 0 radical (unpaired) electrons. The average Bonchev–Trinajstić information content (AvgIpc) is 3.09. The van der Waals surface area contributed by atoms with Gasteiger partial charge in [0.05, 0.1) is 17.4 Å². The predicted molar refractivity (Wildman–Crippen MR) is 96.8 cm³/mol. The van der Waals surface area contributed by atoms with Crippen LogP contribution in [-0.4, -0.2) is 30.8 Å². The zero-order chi connectivity index (χ0) is 17.3. The maximum Gasteiger partial charge on any atom is 0.230 e. The normalized spacial score (nSPS) is 19.3. The van der Waals surface area contributed by atoms with E-state index in [0.29, 0.717) is 28.0 Å². The van der Waals surface area contributed by atoms with Crippen LogP contribution in [0.5, 0.6) is 0 Å². The molecule has 1 amide bonds. The molecule has 1 fully saturated rings. The quantitative estimate of drug-likeness (QED) is 0.846. The van der Waals surface area contributed by atoms with Crippen molar-refractivity contribution in [1.29, 1.82) is 0 Å². The minimum atomic E-state index is -3.08. The third-order valence-corrected chi connectivity index (χ3v) is 7.19. The Hall–Kier alpha value is -1.15. The number of rotatable bonds is 4. The van der Waals surface area contributed by atoms with Crippen molar-refractivity contribution in [2.24, 2.45) is 5.92 Å². The summed E-state index contributed by atoms with van der Waals surface area (Å²) in [4.78, 5) is 17.2. The van der Waals surface area contributed by atoms with Crippen molar-refractivity contribution in [3.8, 4) is 0 Å². The fourth-order valence-corrected chi connectivity index (χ4v) is 5.63. The first-order valence-corrected chi connectivity index (χ1v) is 10.6. The van der Waals surface area contributed by atoms with E-state index in [1.807, 2.05) is 0 Å². The predicted octanol–water partition coefficient (Wildman–Crippen LogP) is 3.41. The van der Waals surface area contributed by atoms with Crippen molar-refractivity contribution in [3.63, 3.8) is 0 Å². The molecule has 128 valence electrons. The van der Waals surface area contributed by atoms with Crippen LogP contribution in [0.3, 0.4) is 0 Å². The lowest BCUT2D eigenvalue weighted by Gasteiger charge is -2.06. The Morgan fingerprint density at radius 2 is 2.04 bits per heavy atom.